The van der Waals surface area contributed by atoms with Crippen molar-refractivity contribution in [1.82, 2.24) is 0 Å². The highest BCUT2D eigenvalue weighted by atomic mass is 15.1. The molecule has 0 saturated heterocycles. The van der Waals surface area contributed by atoms with Crippen molar-refractivity contribution < 1.29 is 0 Å². The fraction of sp³-hybridized carbons (Fsp3) is 0.308. The smallest absolute Gasteiger partial charge is 0.0546 e. The molecule has 0 spiro atoms. The first-order valence-electron chi connectivity index (χ1n) is 19.7. The van der Waals surface area contributed by atoms with Gasteiger partial charge in [0.1, 0.15) is 0 Å². The monoisotopic (exact) mass is 693 g/mol. The van der Waals surface area contributed by atoms with E-state index in [1.165, 1.54) is 83.8 Å². The summed E-state index contributed by atoms with van der Waals surface area (Å²) in [6.45, 7) is 23.7. The summed E-state index contributed by atoms with van der Waals surface area (Å²) in [5.41, 5.74) is 19.9. The second-order valence-electron chi connectivity index (χ2n) is 18.1. The third-order valence-electron chi connectivity index (χ3n) is 12.7. The summed E-state index contributed by atoms with van der Waals surface area (Å²) in [4.78, 5) is 2.61. The van der Waals surface area contributed by atoms with Gasteiger partial charge >= 0.3 is 0 Å². The predicted molar refractivity (Wildman–Crippen MR) is 228 cm³/mol. The van der Waals surface area contributed by atoms with Gasteiger partial charge in [-0.05, 0) is 104 Å². The second-order valence-corrected chi connectivity index (χ2v) is 18.1. The van der Waals surface area contributed by atoms with Gasteiger partial charge in [0.25, 0.3) is 0 Å². The van der Waals surface area contributed by atoms with Crippen molar-refractivity contribution in [3.8, 4) is 33.4 Å². The van der Waals surface area contributed by atoms with Crippen LogP contribution in [0.4, 0.5) is 17.1 Å². The molecule has 0 radical (unpaired) electrons. The Labute approximate surface area is 318 Å². The van der Waals surface area contributed by atoms with Crippen molar-refractivity contribution >= 4 is 17.1 Å². The SMILES string of the molecule is CCC1(CC)c2cc(C(C)(C)C)ccc2-c2c(N(c3ccc(-c4ccccc4)cc3)c3cccc4c3-c3ccccc3C4(C)C)cc(C(C)(C)C)cc21. The van der Waals surface area contributed by atoms with Crippen LogP contribution in [0.1, 0.15) is 115 Å². The van der Waals surface area contributed by atoms with Crippen LogP contribution in [0.5, 0.6) is 0 Å². The number of rotatable bonds is 6. The molecule has 0 atom stereocenters. The highest BCUT2D eigenvalue weighted by Gasteiger charge is 2.45. The highest BCUT2D eigenvalue weighted by molar-refractivity contribution is 6.00. The van der Waals surface area contributed by atoms with Gasteiger partial charge in [0, 0.05) is 27.6 Å². The van der Waals surface area contributed by atoms with E-state index in [-0.39, 0.29) is 21.7 Å². The molecule has 0 saturated carbocycles. The Hall–Kier alpha value is -4.88. The third kappa shape index (κ3) is 5.41. The third-order valence-corrected chi connectivity index (χ3v) is 12.7. The quantitative estimate of drug-likeness (QED) is 0.168. The minimum atomic E-state index is -0.102. The second kappa shape index (κ2) is 12.3. The molecule has 0 aromatic heterocycles. The van der Waals surface area contributed by atoms with E-state index in [1.807, 2.05) is 0 Å². The Balaban J connectivity index is 1.49. The van der Waals surface area contributed by atoms with Crippen molar-refractivity contribution in [2.24, 2.45) is 0 Å². The molecule has 0 aliphatic heterocycles. The number of anilines is 3. The van der Waals surface area contributed by atoms with Gasteiger partial charge in [0.2, 0.25) is 0 Å². The van der Waals surface area contributed by atoms with Gasteiger partial charge in [0.15, 0.2) is 0 Å². The summed E-state index contributed by atoms with van der Waals surface area (Å²) >= 11 is 0. The van der Waals surface area contributed by atoms with Crippen LogP contribution in [0.3, 0.4) is 0 Å². The minimum absolute atomic E-state index is 0.0432. The van der Waals surface area contributed by atoms with Crippen molar-refractivity contribution in [2.45, 2.75) is 104 Å². The number of benzene rings is 6. The normalized spacial score (nSPS) is 15.1. The van der Waals surface area contributed by atoms with Gasteiger partial charge < -0.3 is 4.90 Å². The topological polar surface area (TPSA) is 3.24 Å². The van der Waals surface area contributed by atoms with Crippen molar-refractivity contribution in [1.29, 1.82) is 0 Å². The Morgan fingerprint density at radius 2 is 1.04 bits per heavy atom. The maximum atomic E-state index is 2.61. The largest absolute Gasteiger partial charge is 0.309 e. The molecule has 268 valence electrons. The van der Waals surface area contributed by atoms with Crippen LogP contribution in [0.15, 0.2) is 127 Å². The number of hydrogen-bond donors (Lipinski definition) is 0. The Morgan fingerprint density at radius 3 is 1.70 bits per heavy atom. The molecule has 0 fully saturated rings. The molecule has 2 aliphatic rings. The van der Waals surface area contributed by atoms with Crippen molar-refractivity contribution in [2.75, 3.05) is 4.90 Å². The molecule has 0 amide bonds. The fourth-order valence-electron chi connectivity index (χ4n) is 9.44. The molecule has 6 aromatic rings. The van der Waals surface area contributed by atoms with E-state index in [1.54, 1.807) is 0 Å². The zero-order valence-corrected chi connectivity index (χ0v) is 33.5. The Kier molecular flexibility index (Phi) is 8.19. The standard InChI is InChI=1S/C52H55N/c1-11-52(12-2)43-31-36(49(3,4)5)27-30-40(43)48-44(52)32-37(50(6,7)8)33-46(48)53(38-28-25-35(26-29-38)34-19-14-13-15-20-34)45-24-18-23-42-47(45)39-21-16-17-22-41(39)51(42,9)10/h13-33H,11-12H2,1-10H3. The highest BCUT2D eigenvalue weighted by Crippen LogP contribution is 2.60. The molecule has 2 aliphatic carbocycles. The predicted octanol–water partition coefficient (Wildman–Crippen LogP) is 14.8. The summed E-state index contributed by atoms with van der Waals surface area (Å²) in [6, 6.07) is 48.6. The van der Waals surface area contributed by atoms with Gasteiger partial charge in [-0.2, -0.15) is 0 Å². The summed E-state index contributed by atoms with van der Waals surface area (Å²) in [7, 11) is 0. The number of hydrogen-bond acceptors (Lipinski definition) is 1. The summed E-state index contributed by atoms with van der Waals surface area (Å²) in [5, 5.41) is 0. The summed E-state index contributed by atoms with van der Waals surface area (Å²) in [6.07, 6.45) is 2.11. The van der Waals surface area contributed by atoms with E-state index in [4.69, 9.17) is 0 Å². The van der Waals surface area contributed by atoms with E-state index in [9.17, 15) is 0 Å². The molecule has 0 bridgehead atoms. The van der Waals surface area contributed by atoms with Crippen molar-refractivity contribution in [3.05, 3.63) is 161 Å². The van der Waals surface area contributed by atoms with E-state index in [2.05, 4.69) is 202 Å². The lowest BCUT2D eigenvalue weighted by molar-refractivity contribution is 0.485. The van der Waals surface area contributed by atoms with Gasteiger partial charge in [-0.15, -0.1) is 0 Å². The van der Waals surface area contributed by atoms with Gasteiger partial charge in [-0.1, -0.05) is 172 Å². The number of fused-ring (bicyclic) bond motifs is 6. The summed E-state index contributed by atoms with van der Waals surface area (Å²) < 4.78 is 0. The maximum absolute atomic E-state index is 2.61. The lowest BCUT2D eigenvalue weighted by atomic mass is 9.71. The van der Waals surface area contributed by atoms with E-state index in [0.717, 1.165) is 12.8 Å². The molecule has 0 heterocycles. The van der Waals surface area contributed by atoms with E-state index >= 15 is 0 Å². The van der Waals surface area contributed by atoms with Gasteiger partial charge in [-0.3, -0.25) is 0 Å². The average molecular weight is 694 g/mol. The molecular weight excluding hydrogens is 639 g/mol. The first-order valence-corrected chi connectivity index (χ1v) is 19.7. The summed E-state index contributed by atoms with van der Waals surface area (Å²) in [5.74, 6) is 0. The van der Waals surface area contributed by atoms with Crippen LogP contribution < -0.4 is 4.90 Å². The molecule has 0 unspecified atom stereocenters. The first kappa shape index (κ1) is 35.2. The Morgan fingerprint density at radius 1 is 0.472 bits per heavy atom. The zero-order valence-electron chi connectivity index (χ0n) is 33.5. The van der Waals surface area contributed by atoms with Crippen LogP contribution in [0.2, 0.25) is 0 Å². The van der Waals surface area contributed by atoms with Crippen LogP contribution in [0, 0.1) is 0 Å². The first-order chi connectivity index (χ1) is 25.2. The van der Waals surface area contributed by atoms with Crippen molar-refractivity contribution in [3.63, 3.8) is 0 Å². The molecule has 6 aromatic carbocycles. The van der Waals surface area contributed by atoms with Crippen LogP contribution in [0.25, 0.3) is 33.4 Å². The molecule has 1 nitrogen and oxygen atoms in total. The van der Waals surface area contributed by atoms with E-state index < -0.39 is 0 Å². The molecular formula is C52H55N. The molecule has 1 heteroatoms. The van der Waals surface area contributed by atoms with Crippen LogP contribution in [-0.4, -0.2) is 0 Å². The zero-order chi connectivity index (χ0) is 37.5. The molecule has 0 N–H and O–H groups in total. The van der Waals surface area contributed by atoms with E-state index in [0.29, 0.717) is 0 Å². The lowest BCUT2D eigenvalue weighted by Gasteiger charge is -2.35. The van der Waals surface area contributed by atoms with Crippen LogP contribution in [-0.2, 0) is 21.7 Å². The molecule has 53 heavy (non-hydrogen) atoms. The number of nitrogens with zero attached hydrogens (tertiary/aromatic N) is 1. The maximum Gasteiger partial charge on any atom is 0.0546 e. The Bertz CT molecular complexity index is 2340. The average Bonchev–Trinajstić information content (AvgIpc) is 3.57. The minimum Gasteiger partial charge on any atom is -0.309 e. The van der Waals surface area contributed by atoms with Gasteiger partial charge in [-0.25, -0.2) is 0 Å². The van der Waals surface area contributed by atoms with Gasteiger partial charge in [0.05, 0.1) is 11.4 Å². The fourth-order valence-corrected chi connectivity index (χ4v) is 9.44. The lowest BCUT2D eigenvalue weighted by Crippen LogP contribution is -2.25. The molecule has 8 rings (SSSR count). The van der Waals surface area contributed by atoms with Crippen LogP contribution >= 0.6 is 0 Å².